The fourth-order valence-corrected chi connectivity index (χ4v) is 9.02. The molecule has 3 aromatic rings. The van der Waals surface area contributed by atoms with Crippen molar-refractivity contribution < 1.29 is 22.3 Å². The number of rotatable bonds is 1. The number of sulfone groups is 1. The van der Waals surface area contributed by atoms with Gasteiger partial charge >= 0.3 is 0 Å². The van der Waals surface area contributed by atoms with Gasteiger partial charge in [0.1, 0.15) is 27.6 Å². The fraction of sp³-hybridized carbons (Fsp3) is 0.618. The molecule has 9 nitrogen and oxygen atoms in total. The molecule has 4 aliphatic heterocycles. The maximum absolute atomic E-state index is 15.9. The normalized spacial score (nSPS) is 29.2. The number of piperidine rings is 1. The summed E-state index contributed by atoms with van der Waals surface area (Å²) in [7, 11) is -3.12. The van der Waals surface area contributed by atoms with Gasteiger partial charge in [0, 0.05) is 36.2 Å². The number of hydrogen-bond donors (Lipinski definition) is 2. The van der Waals surface area contributed by atoms with E-state index in [1.54, 1.807) is 22.8 Å². The lowest BCUT2D eigenvalue weighted by Crippen LogP contribution is -2.46. The number of alkyl halides is 2. The Kier molecular flexibility index (Phi) is 9.26. The second-order valence-corrected chi connectivity index (χ2v) is 16.2. The molecule has 12 heteroatoms. The first-order chi connectivity index (χ1) is 21.8. The van der Waals surface area contributed by atoms with E-state index in [0.29, 0.717) is 92.7 Å². The number of fused-ring (bicyclic) bond motifs is 9. The molecule has 4 aliphatic rings. The van der Waals surface area contributed by atoms with Crippen LogP contribution in [0.5, 0.6) is 0 Å². The van der Waals surface area contributed by atoms with E-state index >= 15 is 8.78 Å². The van der Waals surface area contributed by atoms with Crippen molar-refractivity contribution in [2.45, 2.75) is 95.2 Å². The number of aromatic nitrogens is 3. The minimum Gasteiger partial charge on any atom is -0.389 e. The number of nitrogens with one attached hydrogen (secondary N) is 1. The van der Waals surface area contributed by atoms with Gasteiger partial charge in [-0.3, -0.25) is 9.36 Å². The summed E-state index contributed by atoms with van der Waals surface area (Å²) in [5.74, 6) is -3.40. The summed E-state index contributed by atoms with van der Waals surface area (Å²) in [6.45, 7) is 5.61. The van der Waals surface area contributed by atoms with Crippen LogP contribution in [0.25, 0.3) is 11.0 Å². The van der Waals surface area contributed by atoms with Gasteiger partial charge in [-0.25, -0.2) is 27.2 Å². The van der Waals surface area contributed by atoms with Crippen molar-refractivity contribution in [2.75, 3.05) is 36.5 Å². The number of hydrogen-bond acceptors (Lipinski definition) is 8. The van der Waals surface area contributed by atoms with E-state index < -0.39 is 27.3 Å². The van der Waals surface area contributed by atoms with E-state index in [1.807, 2.05) is 19.9 Å². The van der Waals surface area contributed by atoms with Crippen LogP contribution in [0.15, 0.2) is 41.5 Å². The van der Waals surface area contributed by atoms with Crippen LogP contribution in [-0.2, 0) is 22.3 Å². The maximum Gasteiger partial charge on any atom is 0.276 e. The monoisotopic (exact) mass is 657 g/mol. The average Bonchev–Trinajstić information content (AvgIpc) is 3.01. The first kappa shape index (κ1) is 33.0. The lowest BCUT2D eigenvalue weighted by atomic mass is 9.85. The molecular weight excluding hydrogens is 612 g/mol. The number of aryl methyl sites for hydroxylation is 1. The second kappa shape index (κ2) is 12.9. The quantitative estimate of drug-likeness (QED) is 0.358. The Morgan fingerprint density at radius 3 is 2.48 bits per heavy atom. The van der Waals surface area contributed by atoms with Gasteiger partial charge in [-0.15, -0.1) is 0 Å². The molecule has 0 aliphatic carbocycles. The molecule has 250 valence electrons. The predicted molar refractivity (Wildman–Crippen MR) is 175 cm³/mol. The molecule has 0 amide bonds. The topological polar surface area (TPSA) is 117 Å². The van der Waals surface area contributed by atoms with Gasteiger partial charge in [-0.1, -0.05) is 31.0 Å². The number of pyridine rings is 1. The second-order valence-electron chi connectivity index (χ2n) is 13.9. The van der Waals surface area contributed by atoms with Crippen LogP contribution in [0.3, 0.4) is 0 Å². The summed E-state index contributed by atoms with van der Waals surface area (Å²) in [5.41, 5.74) is 0.598. The van der Waals surface area contributed by atoms with Gasteiger partial charge in [-0.05, 0) is 89.1 Å². The zero-order valence-corrected chi connectivity index (χ0v) is 27.5. The summed E-state index contributed by atoms with van der Waals surface area (Å²) in [4.78, 5) is 25.1. The fourth-order valence-electron chi connectivity index (χ4n) is 7.53. The predicted octanol–water partition coefficient (Wildman–Crippen LogP) is 5.39. The highest BCUT2D eigenvalue weighted by Gasteiger charge is 2.43. The Morgan fingerprint density at radius 2 is 1.74 bits per heavy atom. The molecule has 6 heterocycles. The van der Waals surface area contributed by atoms with Crippen molar-refractivity contribution in [1.82, 2.24) is 19.4 Å². The molecule has 7 rings (SSSR count). The van der Waals surface area contributed by atoms with Crippen molar-refractivity contribution in [3.05, 3.63) is 63.7 Å². The molecule has 0 radical (unpaired) electrons. The highest BCUT2D eigenvalue weighted by atomic mass is 32.2. The third-order valence-corrected chi connectivity index (χ3v) is 12.0. The van der Waals surface area contributed by atoms with Crippen LogP contribution in [0.1, 0.15) is 93.9 Å². The summed E-state index contributed by atoms with van der Waals surface area (Å²) in [5, 5.41) is 15.2. The minimum absolute atomic E-state index is 0.00842. The third kappa shape index (κ3) is 6.99. The number of benzene rings is 1. The highest BCUT2D eigenvalue weighted by molar-refractivity contribution is 7.91. The molecule has 2 fully saturated rings. The van der Waals surface area contributed by atoms with Crippen molar-refractivity contribution in [3.8, 4) is 0 Å². The molecule has 0 saturated carbocycles. The van der Waals surface area contributed by atoms with E-state index in [9.17, 15) is 18.3 Å². The molecule has 0 spiro atoms. The number of anilines is 1. The Bertz CT molecular complexity index is 1720. The average molecular weight is 658 g/mol. The van der Waals surface area contributed by atoms with E-state index in [2.05, 4.69) is 20.2 Å². The number of halogens is 2. The number of nitrogens with zero attached hydrogens (tertiary/aromatic N) is 4. The van der Waals surface area contributed by atoms with Crippen LogP contribution in [-0.4, -0.2) is 69.7 Å². The summed E-state index contributed by atoms with van der Waals surface area (Å²) in [6, 6.07) is 7.99. The van der Waals surface area contributed by atoms with E-state index in [4.69, 9.17) is 0 Å². The van der Waals surface area contributed by atoms with Crippen molar-refractivity contribution in [3.63, 3.8) is 0 Å². The minimum atomic E-state index is -3.12. The molecule has 1 aromatic carbocycles. The molecule has 46 heavy (non-hydrogen) atoms. The van der Waals surface area contributed by atoms with Gasteiger partial charge in [0.05, 0.1) is 22.5 Å². The van der Waals surface area contributed by atoms with Crippen molar-refractivity contribution in [2.24, 2.45) is 5.92 Å². The molecular formula is C34H45F2N5O4S. The largest absolute Gasteiger partial charge is 0.389 e. The van der Waals surface area contributed by atoms with E-state index in [-0.39, 0.29) is 34.6 Å². The van der Waals surface area contributed by atoms with Gasteiger partial charge in [0.25, 0.3) is 11.5 Å². The van der Waals surface area contributed by atoms with Gasteiger partial charge < -0.3 is 15.3 Å². The molecule has 2 saturated heterocycles. The maximum atomic E-state index is 15.9. The Morgan fingerprint density at radius 1 is 1.00 bits per heavy atom. The lowest BCUT2D eigenvalue weighted by Gasteiger charge is -2.39. The zero-order chi connectivity index (χ0) is 32.7. The lowest BCUT2D eigenvalue weighted by molar-refractivity contribution is -0.0912. The van der Waals surface area contributed by atoms with Crippen molar-refractivity contribution >= 4 is 26.7 Å². The summed E-state index contributed by atoms with van der Waals surface area (Å²) in [6.07, 6.45) is 5.69. The molecule has 2 aromatic heterocycles. The van der Waals surface area contributed by atoms with Gasteiger partial charge in [-0.2, -0.15) is 0 Å². The van der Waals surface area contributed by atoms with E-state index in [1.165, 1.54) is 12.4 Å². The van der Waals surface area contributed by atoms with Crippen LogP contribution < -0.4 is 10.9 Å². The van der Waals surface area contributed by atoms with Crippen molar-refractivity contribution in [1.29, 1.82) is 0 Å². The van der Waals surface area contributed by atoms with Gasteiger partial charge in [0.15, 0.2) is 0 Å². The Hall–Kier alpha value is -2.96. The van der Waals surface area contributed by atoms with E-state index in [0.717, 1.165) is 12.8 Å². The molecule has 2 N–H and O–H groups in total. The highest BCUT2D eigenvalue weighted by Crippen LogP contribution is 2.42. The van der Waals surface area contributed by atoms with Crippen LogP contribution in [0.2, 0.25) is 0 Å². The standard InChI is InChI=1S/C34H45F2N5O4S/c1-23-25-7-6-8-27(19-25)34(35,36)26-9-15-40(16-10-26)21-33(2,43)13-4-3-5-14-41-31-29(30(39-23)37-22-38-31)20-28(32(41)42)24-11-17-46(44,45)18-12-24/h6-8,19-20,22-24,26,43H,3-5,9-18,21H2,1-2H3,(H,37,38,39)/t23-,33?/m1/s1. The summed E-state index contributed by atoms with van der Waals surface area (Å²) < 4.78 is 57.9. The first-order valence-electron chi connectivity index (χ1n) is 16.6. The molecule has 1 unspecified atom stereocenters. The smallest absolute Gasteiger partial charge is 0.276 e. The van der Waals surface area contributed by atoms with Crippen LogP contribution in [0.4, 0.5) is 14.6 Å². The Balaban J connectivity index is 1.40. The SMILES string of the molecule is C[C@H]1Nc2ncnc3c2cc(C2CCS(=O)(=O)CC2)c(=O)n3CCCCCC(C)(O)CN2CCC(CC2)C(F)(F)c2cccc1c2. The summed E-state index contributed by atoms with van der Waals surface area (Å²) >= 11 is 0. The van der Waals surface area contributed by atoms with Gasteiger partial charge in [0.2, 0.25) is 0 Å². The molecule has 2 atom stereocenters. The molecule has 8 bridgehead atoms. The zero-order valence-electron chi connectivity index (χ0n) is 26.7. The third-order valence-electron chi connectivity index (χ3n) is 10.3. The Labute approximate surface area is 269 Å². The number of aliphatic hydroxyl groups is 1. The first-order valence-corrected chi connectivity index (χ1v) is 18.4. The van der Waals surface area contributed by atoms with Crippen LogP contribution >= 0.6 is 0 Å². The van der Waals surface area contributed by atoms with Crippen LogP contribution in [0, 0.1) is 5.92 Å².